The average Bonchev–Trinajstić information content (AvgIpc) is 3.41. The average molecular weight is 440 g/mol. The minimum Gasteiger partial charge on any atom is -0.350 e. The Bertz CT molecular complexity index is 1070. The molecular formula is C23H26ClN5O2. The van der Waals surface area contributed by atoms with Crippen LogP contribution < -0.4 is 10.6 Å². The molecule has 2 aromatic heterocycles. The van der Waals surface area contributed by atoms with Crippen LogP contribution >= 0.6 is 11.6 Å². The highest BCUT2D eigenvalue weighted by Gasteiger charge is 2.31. The third-order valence-corrected chi connectivity index (χ3v) is 5.98. The molecule has 1 aromatic carbocycles. The maximum atomic E-state index is 13.0. The van der Waals surface area contributed by atoms with Crippen molar-refractivity contribution in [3.63, 3.8) is 0 Å². The zero-order chi connectivity index (χ0) is 21.8. The van der Waals surface area contributed by atoms with E-state index in [0.29, 0.717) is 18.0 Å². The Morgan fingerprint density at radius 3 is 2.81 bits per heavy atom. The number of carbonyl (C=O) groups excluding carboxylic acids is 2. The van der Waals surface area contributed by atoms with Crippen LogP contribution in [0.5, 0.6) is 0 Å². The number of likely N-dealkylation sites (tertiary alicyclic amines) is 1. The van der Waals surface area contributed by atoms with E-state index in [2.05, 4.69) is 20.6 Å². The number of hydrogen-bond donors (Lipinski definition) is 3. The fourth-order valence-electron chi connectivity index (χ4n) is 3.97. The monoisotopic (exact) mass is 439 g/mol. The number of fused-ring (bicyclic) bond motifs is 1. The zero-order valence-electron chi connectivity index (χ0n) is 17.4. The number of aromatic amines is 1. The zero-order valence-corrected chi connectivity index (χ0v) is 18.2. The maximum Gasteiger partial charge on any atom is 0.243 e. The van der Waals surface area contributed by atoms with E-state index in [0.717, 1.165) is 41.5 Å². The van der Waals surface area contributed by atoms with Crippen molar-refractivity contribution in [1.82, 2.24) is 25.5 Å². The molecule has 3 N–H and O–H groups in total. The molecular weight excluding hydrogens is 414 g/mol. The minimum atomic E-state index is -0.674. The Hall–Kier alpha value is -2.90. The second-order valence-corrected chi connectivity index (χ2v) is 8.44. The Balaban J connectivity index is 1.45. The number of pyridine rings is 1. The van der Waals surface area contributed by atoms with Crippen molar-refractivity contribution in [3.05, 3.63) is 64.9 Å². The number of benzene rings is 1. The first-order chi connectivity index (χ1) is 15.0. The molecule has 0 aliphatic carbocycles. The highest BCUT2D eigenvalue weighted by Crippen LogP contribution is 2.16. The van der Waals surface area contributed by atoms with Crippen LogP contribution in [0.4, 0.5) is 0 Å². The van der Waals surface area contributed by atoms with E-state index in [1.165, 1.54) is 0 Å². The number of amides is 2. The number of aromatic nitrogens is 2. The van der Waals surface area contributed by atoms with E-state index in [9.17, 15) is 9.59 Å². The maximum absolute atomic E-state index is 13.0. The van der Waals surface area contributed by atoms with Crippen LogP contribution in [0.1, 0.15) is 24.0 Å². The van der Waals surface area contributed by atoms with Crippen LogP contribution in [0.25, 0.3) is 11.0 Å². The van der Waals surface area contributed by atoms with Crippen LogP contribution in [0.2, 0.25) is 5.02 Å². The van der Waals surface area contributed by atoms with Gasteiger partial charge in [0.15, 0.2) is 0 Å². The first-order valence-electron chi connectivity index (χ1n) is 10.4. The predicted octanol–water partition coefficient (Wildman–Crippen LogP) is 2.65. The summed E-state index contributed by atoms with van der Waals surface area (Å²) in [6, 6.07) is 10.4. The van der Waals surface area contributed by atoms with Crippen molar-refractivity contribution < 1.29 is 9.59 Å². The fraction of sp³-hybridized carbons (Fsp3) is 0.348. The lowest BCUT2D eigenvalue weighted by atomic mass is 10.0. The molecule has 1 aliphatic heterocycles. The van der Waals surface area contributed by atoms with Gasteiger partial charge in [-0.1, -0.05) is 23.7 Å². The molecule has 31 heavy (non-hydrogen) atoms. The molecule has 0 unspecified atom stereocenters. The van der Waals surface area contributed by atoms with Gasteiger partial charge in [-0.25, -0.2) is 4.98 Å². The van der Waals surface area contributed by atoms with Gasteiger partial charge in [0, 0.05) is 35.8 Å². The molecule has 1 aliphatic rings. The SMILES string of the molecule is CN1CCC[C@@H]1C(=O)N[C@@H](Cc1ccc(Cl)cc1)C(=O)NCc1cnc2[nH]ccc2c1. The van der Waals surface area contributed by atoms with E-state index < -0.39 is 6.04 Å². The van der Waals surface area contributed by atoms with Crippen LogP contribution in [-0.2, 0) is 22.6 Å². The lowest BCUT2D eigenvalue weighted by Gasteiger charge is -2.23. The number of hydrogen-bond acceptors (Lipinski definition) is 4. The summed E-state index contributed by atoms with van der Waals surface area (Å²) in [6.45, 7) is 1.23. The Labute approximate surface area is 186 Å². The lowest BCUT2D eigenvalue weighted by Crippen LogP contribution is -2.52. The summed E-state index contributed by atoms with van der Waals surface area (Å²) in [5.41, 5.74) is 2.64. The minimum absolute atomic E-state index is 0.107. The Kier molecular flexibility index (Phi) is 6.53. The summed E-state index contributed by atoms with van der Waals surface area (Å²) in [4.78, 5) is 35.3. The topological polar surface area (TPSA) is 90.1 Å². The first kappa shape index (κ1) is 21.3. The van der Waals surface area contributed by atoms with Crippen molar-refractivity contribution in [3.8, 4) is 0 Å². The van der Waals surface area contributed by atoms with E-state index in [-0.39, 0.29) is 17.9 Å². The highest BCUT2D eigenvalue weighted by molar-refractivity contribution is 6.30. The molecule has 2 atom stereocenters. The summed E-state index contributed by atoms with van der Waals surface area (Å²) >= 11 is 5.99. The standard InChI is InChI=1S/C23H26ClN5O2/c1-29-10-2-3-20(29)23(31)28-19(12-15-4-6-18(24)7-5-15)22(30)27-14-16-11-17-8-9-25-21(17)26-13-16/h4-9,11,13,19-20H,2-3,10,12,14H2,1H3,(H,25,26)(H,27,30)(H,28,31)/t19-,20+/m0/s1. The number of nitrogens with one attached hydrogen (secondary N) is 3. The largest absolute Gasteiger partial charge is 0.350 e. The van der Waals surface area contributed by atoms with E-state index in [1.54, 1.807) is 18.3 Å². The Morgan fingerprint density at radius 1 is 1.26 bits per heavy atom. The van der Waals surface area contributed by atoms with Crippen LogP contribution in [0.15, 0.2) is 48.8 Å². The van der Waals surface area contributed by atoms with Crippen molar-refractivity contribution in [2.45, 2.75) is 37.9 Å². The molecule has 0 radical (unpaired) electrons. The van der Waals surface area contributed by atoms with Gasteiger partial charge in [0.05, 0.1) is 6.04 Å². The van der Waals surface area contributed by atoms with Gasteiger partial charge in [-0.3, -0.25) is 14.5 Å². The van der Waals surface area contributed by atoms with Gasteiger partial charge in [0.2, 0.25) is 11.8 Å². The molecule has 162 valence electrons. The molecule has 7 nitrogen and oxygen atoms in total. The lowest BCUT2D eigenvalue weighted by molar-refractivity contribution is -0.131. The van der Waals surface area contributed by atoms with E-state index in [1.807, 2.05) is 42.4 Å². The highest BCUT2D eigenvalue weighted by atomic mass is 35.5. The summed E-state index contributed by atoms with van der Waals surface area (Å²) < 4.78 is 0. The van der Waals surface area contributed by atoms with Gasteiger partial charge < -0.3 is 15.6 Å². The third kappa shape index (κ3) is 5.24. The van der Waals surface area contributed by atoms with Gasteiger partial charge in [0.1, 0.15) is 11.7 Å². The summed E-state index contributed by atoms with van der Waals surface area (Å²) in [5.74, 6) is -0.331. The molecule has 8 heteroatoms. The quantitative estimate of drug-likeness (QED) is 0.528. The van der Waals surface area contributed by atoms with Crippen molar-refractivity contribution in [1.29, 1.82) is 0 Å². The molecule has 0 saturated carbocycles. The van der Waals surface area contributed by atoms with Crippen LogP contribution in [0, 0.1) is 0 Å². The second kappa shape index (κ2) is 9.49. The molecule has 3 aromatic rings. The van der Waals surface area contributed by atoms with Crippen LogP contribution in [0.3, 0.4) is 0 Å². The van der Waals surface area contributed by atoms with Gasteiger partial charge in [0.25, 0.3) is 0 Å². The smallest absolute Gasteiger partial charge is 0.243 e. The number of H-pyrrole nitrogens is 1. The van der Waals surface area contributed by atoms with Crippen molar-refractivity contribution in [2.75, 3.05) is 13.6 Å². The molecule has 0 spiro atoms. The fourth-order valence-corrected chi connectivity index (χ4v) is 4.10. The van der Waals surface area contributed by atoms with E-state index >= 15 is 0 Å². The molecule has 0 bridgehead atoms. The Morgan fingerprint density at radius 2 is 2.06 bits per heavy atom. The van der Waals surface area contributed by atoms with Crippen molar-refractivity contribution in [2.24, 2.45) is 0 Å². The van der Waals surface area contributed by atoms with Gasteiger partial charge in [-0.15, -0.1) is 0 Å². The third-order valence-electron chi connectivity index (χ3n) is 5.73. The second-order valence-electron chi connectivity index (χ2n) is 8.01. The molecule has 2 amide bonds. The number of carbonyl (C=O) groups is 2. The summed E-state index contributed by atoms with van der Waals surface area (Å²) in [5, 5.41) is 7.54. The van der Waals surface area contributed by atoms with Gasteiger partial charge >= 0.3 is 0 Å². The molecule has 1 fully saturated rings. The number of likely N-dealkylation sites (N-methyl/N-ethyl adjacent to an activating group) is 1. The molecule has 1 saturated heterocycles. The predicted molar refractivity (Wildman–Crippen MR) is 121 cm³/mol. The van der Waals surface area contributed by atoms with Gasteiger partial charge in [-0.05, 0) is 61.8 Å². The number of nitrogens with zero attached hydrogens (tertiary/aromatic N) is 2. The molecule has 4 rings (SSSR count). The van der Waals surface area contributed by atoms with E-state index in [4.69, 9.17) is 11.6 Å². The van der Waals surface area contributed by atoms with Crippen molar-refractivity contribution >= 4 is 34.4 Å². The normalized spacial score (nSPS) is 17.5. The molecule has 3 heterocycles. The summed E-state index contributed by atoms with van der Waals surface area (Å²) in [7, 11) is 1.94. The van der Waals surface area contributed by atoms with Crippen LogP contribution in [-0.4, -0.2) is 52.4 Å². The van der Waals surface area contributed by atoms with Gasteiger partial charge in [-0.2, -0.15) is 0 Å². The first-order valence-corrected chi connectivity index (χ1v) is 10.8. The number of halogens is 1. The number of rotatable bonds is 7. The summed E-state index contributed by atoms with van der Waals surface area (Å²) in [6.07, 6.45) is 5.74.